The molecule has 0 unspecified atom stereocenters. The van der Waals surface area contributed by atoms with Gasteiger partial charge in [-0.2, -0.15) is 26.3 Å². The van der Waals surface area contributed by atoms with Gasteiger partial charge in [-0.15, -0.1) is 12.4 Å². The fraction of sp³-hybridized carbons (Fsp3) is 0.350. The van der Waals surface area contributed by atoms with E-state index in [1.54, 1.807) is 19.9 Å². The van der Waals surface area contributed by atoms with Crippen molar-refractivity contribution in [1.82, 2.24) is 5.32 Å². The van der Waals surface area contributed by atoms with Crippen LogP contribution in [0.15, 0.2) is 42.5 Å². The van der Waals surface area contributed by atoms with E-state index in [0.29, 0.717) is 17.7 Å². The van der Waals surface area contributed by atoms with Crippen LogP contribution in [0.2, 0.25) is 0 Å². The van der Waals surface area contributed by atoms with Crippen LogP contribution in [0.4, 0.5) is 26.3 Å². The molecule has 0 atom stereocenters. The Bertz CT molecular complexity index is 856. The Balaban J connectivity index is 0.00000450. The van der Waals surface area contributed by atoms with Gasteiger partial charge in [-0.1, -0.05) is 18.2 Å². The minimum absolute atomic E-state index is 0. The van der Waals surface area contributed by atoms with Gasteiger partial charge >= 0.3 is 12.4 Å². The Morgan fingerprint density at radius 1 is 0.900 bits per heavy atom. The lowest BCUT2D eigenvalue weighted by molar-refractivity contribution is -0.143. The predicted octanol–water partition coefficient (Wildman–Crippen LogP) is 5.56. The topological polar surface area (TPSA) is 55.1 Å². The zero-order valence-corrected chi connectivity index (χ0v) is 16.9. The highest BCUT2D eigenvalue weighted by molar-refractivity contribution is 5.85. The van der Waals surface area contributed by atoms with Gasteiger partial charge in [0.1, 0.15) is 0 Å². The van der Waals surface area contributed by atoms with Gasteiger partial charge in [0.2, 0.25) is 5.91 Å². The molecular weight excluding hydrogens is 434 g/mol. The Hall–Kier alpha value is -2.26. The highest BCUT2D eigenvalue weighted by atomic mass is 35.5. The summed E-state index contributed by atoms with van der Waals surface area (Å²) >= 11 is 0. The van der Waals surface area contributed by atoms with Gasteiger partial charge in [0, 0.05) is 18.5 Å². The third-order valence-corrected chi connectivity index (χ3v) is 3.95. The molecule has 2 aromatic carbocycles. The van der Waals surface area contributed by atoms with E-state index in [-0.39, 0.29) is 48.5 Å². The van der Waals surface area contributed by atoms with Crippen LogP contribution in [0, 0.1) is 0 Å². The van der Waals surface area contributed by atoms with E-state index in [0.717, 1.165) is 0 Å². The third-order valence-electron chi connectivity index (χ3n) is 3.95. The fourth-order valence-corrected chi connectivity index (χ4v) is 2.66. The standard InChI is InChI=1S/C20H20F6N2O.ClH/c1-18(2,27)10-17(29)28-11-12-4-3-5-13(6-12)14-7-15(19(21,22)23)9-16(8-14)20(24,25)26;/h3-9H,10-11,27H2,1-2H3,(H,28,29);1H. The average Bonchev–Trinajstić information content (AvgIpc) is 2.57. The zero-order valence-electron chi connectivity index (χ0n) is 16.1. The number of nitrogens with one attached hydrogen (secondary N) is 1. The largest absolute Gasteiger partial charge is 0.416 e. The molecule has 1 amide bonds. The van der Waals surface area contributed by atoms with Crippen molar-refractivity contribution in [3.63, 3.8) is 0 Å². The van der Waals surface area contributed by atoms with Crippen molar-refractivity contribution in [2.45, 2.75) is 44.7 Å². The molecule has 0 aliphatic rings. The van der Waals surface area contributed by atoms with Gasteiger partial charge < -0.3 is 11.1 Å². The lowest BCUT2D eigenvalue weighted by Gasteiger charge is -2.17. The molecule has 0 aromatic heterocycles. The molecule has 0 aliphatic carbocycles. The lowest BCUT2D eigenvalue weighted by Crippen LogP contribution is -2.38. The molecule has 0 spiro atoms. The Morgan fingerprint density at radius 2 is 1.43 bits per heavy atom. The highest BCUT2D eigenvalue weighted by Gasteiger charge is 2.37. The van der Waals surface area contributed by atoms with Crippen LogP contribution < -0.4 is 11.1 Å². The van der Waals surface area contributed by atoms with E-state index in [1.807, 2.05) is 0 Å². The predicted molar refractivity (Wildman–Crippen MR) is 104 cm³/mol. The summed E-state index contributed by atoms with van der Waals surface area (Å²) in [6.45, 7) is 3.42. The molecule has 3 N–H and O–H groups in total. The summed E-state index contributed by atoms with van der Waals surface area (Å²) in [5.74, 6) is -0.318. The van der Waals surface area contributed by atoms with Crippen LogP contribution in [0.1, 0.15) is 37.0 Å². The first kappa shape index (κ1) is 25.8. The molecule has 3 nitrogen and oxygen atoms in total. The molecule has 0 saturated carbocycles. The molecule has 0 fully saturated rings. The van der Waals surface area contributed by atoms with Crippen molar-refractivity contribution in [1.29, 1.82) is 0 Å². The number of amides is 1. The minimum Gasteiger partial charge on any atom is -0.352 e. The summed E-state index contributed by atoms with van der Waals surface area (Å²) in [6, 6.07) is 7.37. The van der Waals surface area contributed by atoms with E-state index < -0.39 is 29.0 Å². The number of halogens is 7. The van der Waals surface area contributed by atoms with Gasteiger partial charge in [0.15, 0.2) is 0 Å². The number of benzene rings is 2. The third kappa shape index (κ3) is 7.53. The summed E-state index contributed by atoms with van der Waals surface area (Å²) in [4.78, 5) is 11.9. The Labute approximate surface area is 176 Å². The molecule has 10 heteroatoms. The zero-order chi connectivity index (χ0) is 22.0. The molecule has 0 radical (unpaired) electrons. The number of nitrogens with two attached hydrogens (primary N) is 1. The van der Waals surface area contributed by atoms with Crippen LogP contribution in [0.3, 0.4) is 0 Å². The monoisotopic (exact) mass is 454 g/mol. The van der Waals surface area contributed by atoms with Crippen LogP contribution in [0.25, 0.3) is 11.1 Å². The quantitative estimate of drug-likeness (QED) is 0.581. The van der Waals surface area contributed by atoms with E-state index in [1.165, 1.54) is 18.2 Å². The second-order valence-electron chi connectivity index (χ2n) is 7.44. The van der Waals surface area contributed by atoms with E-state index in [2.05, 4.69) is 5.32 Å². The maximum atomic E-state index is 13.1. The molecule has 2 aromatic rings. The number of hydrogen-bond acceptors (Lipinski definition) is 2. The van der Waals surface area contributed by atoms with Crippen molar-refractivity contribution in [2.24, 2.45) is 5.73 Å². The number of carbonyl (C=O) groups excluding carboxylic acids is 1. The Kier molecular flexibility index (Phi) is 7.96. The maximum absolute atomic E-state index is 13.1. The van der Waals surface area contributed by atoms with Crippen LogP contribution in [-0.4, -0.2) is 11.4 Å². The first-order valence-electron chi connectivity index (χ1n) is 8.59. The summed E-state index contributed by atoms with van der Waals surface area (Å²) in [6.07, 6.45) is -9.78. The van der Waals surface area contributed by atoms with E-state index in [9.17, 15) is 31.1 Å². The SMILES string of the molecule is CC(C)(N)CC(=O)NCc1cccc(-c2cc(C(F)(F)F)cc(C(F)(F)F)c2)c1.Cl. The lowest BCUT2D eigenvalue weighted by atomic mass is 9.97. The van der Waals surface area contributed by atoms with Gasteiger partial charge in [0.05, 0.1) is 11.1 Å². The van der Waals surface area contributed by atoms with Crippen molar-refractivity contribution in [2.75, 3.05) is 0 Å². The second kappa shape index (κ2) is 9.26. The molecular formula is C20H21ClF6N2O. The number of carbonyl (C=O) groups is 1. The molecule has 0 saturated heterocycles. The molecule has 0 bridgehead atoms. The average molecular weight is 455 g/mol. The molecule has 0 aliphatic heterocycles. The van der Waals surface area contributed by atoms with Crippen molar-refractivity contribution < 1.29 is 31.1 Å². The smallest absolute Gasteiger partial charge is 0.352 e. The van der Waals surface area contributed by atoms with E-state index >= 15 is 0 Å². The van der Waals surface area contributed by atoms with Gasteiger partial charge in [-0.25, -0.2) is 0 Å². The number of rotatable bonds is 5. The van der Waals surface area contributed by atoms with Crippen molar-refractivity contribution >= 4 is 18.3 Å². The van der Waals surface area contributed by atoms with E-state index in [4.69, 9.17) is 5.73 Å². The Morgan fingerprint density at radius 3 is 1.90 bits per heavy atom. The van der Waals surface area contributed by atoms with Crippen LogP contribution in [-0.2, 0) is 23.7 Å². The first-order chi connectivity index (χ1) is 13.1. The van der Waals surface area contributed by atoms with Crippen molar-refractivity contribution in [3.8, 4) is 11.1 Å². The summed E-state index contributed by atoms with van der Waals surface area (Å²) in [5, 5.41) is 2.63. The molecule has 30 heavy (non-hydrogen) atoms. The first-order valence-corrected chi connectivity index (χ1v) is 8.59. The van der Waals surface area contributed by atoms with Crippen LogP contribution >= 0.6 is 12.4 Å². The van der Waals surface area contributed by atoms with Crippen LogP contribution in [0.5, 0.6) is 0 Å². The molecule has 2 rings (SSSR count). The van der Waals surface area contributed by atoms with Gasteiger partial charge in [-0.3, -0.25) is 4.79 Å². The van der Waals surface area contributed by atoms with Crippen molar-refractivity contribution in [3.05, 3.63) is 59.2 Å². The molecule has 0 heterocycles. The second-order valence-corrected chi connectivity index (χ2v) is 7.44. The summed E-state index contributed by atoms with van der Waals surface area (Å²) in [5.41, 5.74) is 2.76. The van der Waals surface area contributed by atoms with Gasteiger partial charge in [-0.05, 0) is 54.8 Å². The summed E-state index contributed by atoms with van der Waals surface area (Å²) in [7, 11) is 0. The minimum atomic E-state index is -4.92. The highest BCUT2D eigenvalue weighted by Crippen LogP contribution is 2.38. The fourth-order valence-electron chi connectivity index (χ4n) is 2.66. The molecule has 166 valence electrons. The maximum Gasteiger partial charge on any atom is 0.416 e. The normalized spacial score (nSPS) is 12.3. The number of alkyl halides is 6. The summed E-state index contributed by atoms with van der Waals surface area (Å²) < 4.78 is 78.3. The number of hydrogen-bond donors (Lipinski definition) is 2. The van der Waals surface area contributed by atoms with Gasteiger partial charge in [0.25, 0.3) is 0 Å².